The SMILES string of the molecule is CC1CCC(C(O)CC2CCS(=O)(=O)C2)CC1. The van der Waals surface area contributed by atoms with Crippen LogP contribution in [0.5, 0.6) is 0 Å². The molecule has 1 saturated heterocycles. The quantitative estimate of drug-likeness (QED) is 0.844. The van der Waals surface area contributed by atoms with Crippen LogP contribution in [-0.4, -0.2) is 31.1 Å². The summed E-state index contributed by atoms with van der Waals surface area (Å²) in [6.45, 7) is 2.27. The normalized spacial score (nSPS) is 39.1. The van der Waals surface area contributed by atoms with Gasteiger partial charge in [0.25, 0.3) is 0 Å². The second-order valence-corrected chi connectivity index (χ2v) is 8.32. The van der Waals surface area contributed by atoms with Crippen molar-refractivity contribution >= 4 is 9.84 Å². The Kier molecular flexibility index (Phi) is 4.14. The van der Waals surface area contributed by atoms with Crippen LogP contribution < -0.4 is 0 Å². The first kappa shape index (κ1) is 13.3. The first-order chi connectivity index (χ1) is 7.96. The van der Waals surface area contributed by atoms with Crippen molar-refractivity contribution in [1.29, 1.82) is 0 Å². The minimum absolute atomic E-state index is 0.203. The maximum absolute atomic E-state index is 11.4. The van der Waals surface area contributed by atoms with Crippen molar-refractivity contribution in [3.63, 3.8) is 0 Å². The van der Waals surface area contributed by atoms with Crippen LogP contribution >= 0.6 is 0 Å². The van der Waals surface area contributed by atoms with E-state index in [1.807, 2.05) is 0 Å². The Balaban J connectivity index is 1.79. The van der Waals surface area contributed by atoms with Crippen LogP contribution in [0.4, 0.5) is 0 Å². The first-order valence-corrected chi connectivity index (χ1v) is 8.67. The average molecular weight is 260 g/mol. The highest BCUT2D eigenvalue weighted by Crippen LogP contribution is 2.34. The molecule has 2 atom stereocenters. The fourth-order valence-corrected chi connectivity index (χ4v) is 5.14. The summed E-state index contributed by atoms with van der Waals surface area (Å²) >= 11 is 0. The number of hydrogen-bond acceptors (Lipinski definition) is 3. The molecule has 2 unspecified atom stereocenters. The first-order valence-electron chi connectivity index (χ1n) is 6.85. The predicted octanol–water partition coefficient (Wildman–Crippen LogP) is 2.00. The van der Waals surface area contributed by atoms with Gasteiger partial charge in [-0.1, -0.05) is 19.8 Å². The van der Waals surface area contributed by atoms with Gasteiger partial charge in [0.2, 0.25) is 0 Å². The lowest BCUT2D eigenvalue weighted by Gasteiger charge is -2.30. The Hall–Kier alpha value is -0.0900. The Labute approximate surface area is 105 Å². The van der Waals surface area contributed by atoms with Crippen LogP contribution in [0.1, 0.15) is 45.4 Å². The average Bonchev–Trinajstić information content (AvgIpc) is 2.59. The summed E-state index contributed by atoms with van der Waals surface area (Å²) in [6.07, 6.45) is 5.82. The van der Waals surface area contributed by atoms with E-state index in [9.17, 15) is 13.5 Å². The molecule has 0 radical (unpaired) electrons. The molecule has 0 aromatic heterocycles. The van der Waals surface area contributed by atoms with Gasteiger partial charge in [0.05, 0.1) is 17.6 Å². The number of hydrogen-bond donors (Lipinski definition) is 1. The van der Waals surface area contributed by atoms with E-state index in [1.54, 1.807) is 0 Å². The Morgan fingerprint density at radius 3 is 2.35 bits per heavy atom. The van der Waals surface area contributed by atoms with Gasteiger partial charge < -0.3 is 5.11 Å². The highest BCUT2D eigenvalue weighted by atomic mass is 32.2. The molecule has 0 aromatic rings. The number of rotatable bonds is 3. The van der Waals surface area contributed by atoms with Crippen LogP contribution in [0, 0.1) is 17.8 Å². The molecule has 1 N–H and O–H groups in total. The van der Waals surface area contributed by atoms with E-state index in [1.165, 1.54) is 12.8 Å². The van der Waals surface area contributed by atoms with Crippen molar-refractivity contribution < 1.29 is 13.5 Å². The summed E-state index contributed by atoms with van der Waals surface area (Å²) in [6, 6.07) is 0. The third-order valence-electron chi connectivity index (χ3n) is 4.51. The Morgan fingerprint density at radius 1 is 1.18 bits per heavy atom. The topological polar surface area (TPSA) is 54.4 Å². The minimum atomic E-state index is -2.79. The molecule has 100 valence electrons. The molecule has 1 aliphatic carbocycles. The van der Waals surface area contributed by atoms with Gasteiger partial charge in [-0.3, -0.25) is 0 Å². The van der Waals surface area contributed by atoms with Gasteiger partial charge in [-0.2, -0.15) is 0 Å². The fraction of sp³-hybridized carbons (Fsp3) is 1.00. The molecule has 0 aromatic carbocycles. The van der Waals surface area contributed by atoms with Gasteiger partial charge in [-0.15, -0.1) is 0 Å². The molecule has 0 bridgehead atoms. The fourth-order valence-electron chi connectivity index (χ4n) is 3.26. The smallest absolute Gasteiger partial charge is 0.150 e. The van der Waals surface area contributed by atoms with E-state index in [2.05, 4.69) is 6.92 Å². The minimum Gasteiger partial charge on any atom is -0.393 e. The zero-order valence-corrected chi connectivity index (χ0v) is 11.5. The van der Waals surface area contributed by atoms with Crippen molar-refractivity contribution in [3.05, 3.63) is 0 Å². The van der Waals surface area contributed by atoms with Gasteiger partial charge in [0.15, 0.2) is 9.84 Å². The van der Waals surface area contributed by atoms with Crippen LogP contribution in [0.3, 0.4) is 0 Å². The van der Waals surface area contributed by atoms with Crippen molar-refractivity contribution in [3.8, 4) is 0 Å². The number of aliphatic hydroxyl groups excluding tert-OH is 1. The van der Waals surface area contributed by atoms with Crippen molar-refractivity contribution in [2.24, 2.45) is 17.8 Å². The van der Waals surface area contributed by atoms with Gasteiger partial charge in [0.1, 0.15) is 0 Å². The molecule has 2 fully saturated rings. The van der Waals surface area contributed by atoms with Crippen molar-refractivity contribution in [2.45, 2.75) is 51.6 Å². The molecular weight excluding hydrogens is 236 g/mol. The number of aliphatic hydroxyl groups is 1. The third-order valence-corrected chi connectivity index (χ3v) is 6.34. The Morgan fingerprint density at radius 2 is 1.82 bits per heavy atom. The summed E-state index contributed by atoms with van der Waals surface area (Å²) in [4.78, 5) is 0. The zero-order valence-electron chi connectivity index (χ0n) is 10.6. The van der Waals surface area contributed by atoms with E-state index < -0.39 is 9.84 Å². The summed E-state index contributed by atoms with van der Waals surface area (Å²) in [5, 5.41) is 10.2. The molecule has 2 rings (SSSR count). The lowest BCUT2D eigenvalue weighted by atomic mass is 9.78. The summed E-state index contributed by atoms with van der Waals surface area (Å²) in [7, 11) is -2.79. The highest BCUT2D eigenvalue weighted by Gasteiger charge is 2.32. The lowest BCUT2D eigenvalue weighted by molar-refractivity contribution is 0.0576. The monoisotopic (exact) mass is 260 g/mol. The van der Waals surface area contributed by atoms with E-state index in [0.717, 1.165) is 25.2 Å². The second-order valence-electron chi connectivity index (χ2n) is 6.09. The molecular formula is C13H24O3S. The summed E-state index contributed by atoms with van der Waals surface area (Å²) in [5.74, 6) is 2.04. The van der Waals surface area contributed by atoms with E-state index in [0.29, 0.717) is 23.8 Å². The standard InChI is InChI=1S/C13H24O3S/c1-10-2-4-12(5-3-10)13(14)8-11-6-7-17(15,16)9-11/h10-14H,2-9H2,1H3. The molecule has 0 spiro atoms. The molecule has 4 heteroatoms. The molecule has 1 heterocycles. The van der Waals surface area contributed by atoms with E-state index >= 15 is 0 Å². The summed E-state index contributed by atoms with van der Waals surface area (Å²) in [5.41, 5.74) is 0. The molecule has 0 amide bonds. The van der Waals surface area contributed by atoms with Gasteiger partial charge >= 0.3 is 0 Å². The maximum Gasteiger partial charge on any atom is 0.150 e. The molecule has 2 aliphatic rings. The maximum atomic E-state index is 11.4. The van der Waals surface area contributed by atoms with Crippen molar-refractivity contribution in [1.82, 2.24) is 0 Å². The van der Waals surface area contributed by atoms with Crippen LogP contribution in [-0.2, 0) is 9.84 Å². The lowest BCUT2D eigenvalue weighted by Crippen LogP contribution is -2.27. The highest BCUT2D eigenvalue weighted by molar-refractivity contribution is 7.91. The summed E-state index contributed by atoms with van der Waals surface area (Å²) < 4.78 is 22.7. The molecule has 1 saturated carbocycles. The van der Waals surface area contributed by atoms with Crippen LogP contribution in [0.25, 0.3) is 0 Å². The molecule has 17 heavy (non-hydrogen) atoms. The van der Waals surface area contributed by atoms with Crippen LogP contribution in [0.2, 0.25) is 0 Å². The largest absolute Gasteiger partial charge is 0.393 e. The van der Waals surface area contributed by atoms with E-state index in [-0.39, 0.29) is 12.0 Å². The molecule has 3 nitrogen and oxygen atoms in total. The second kappa shape index (κ2) is 5.27. The zero-order chi connectivity index (χ0) is 12.5. The van der Waals surface area contributed by atoms with Crippen molar-refractivity contribution in [2.75, 3.05) is 11.5 Å². The Bertz CT molecular complexity index is 342. The number of sulfone groups is 1. The molecule has 1 aliphatic heterocycles. The third kappa shape index (κ3) is 3.68. The van der Waals surface area contributed by atoms with Crippen LogP contribution in [0.15, 0.2) is 0 Å². The predicted molar refractivity (Wildman–Crippen MR) is 68.5 cm³/mol. The van der Waals surface area contributed by atoms with Gasteiger partial charge in [-0.25, -0.2) is 8.42 Å². The van der Waals surface area contributed by atoms with E-state index in [4.69, 9.17) is 0 Å². The van der Waals surface area contributed by atoms with Gasteiger partial charge in [-0.05, 0) is 43.4 Å². The van der Waals surface area contributed by atoms with Gasteiger partial charge in [0, 0.05) is 0 Å².